The lowest BCUT2D eigenvalue weighted by Gasteiger charge is -2.31. The third-order valence-electron chi connectivity index (χ3n) is 5.85. The van der Waals surface area contributed by atoms with E-state index in [1.165, 1.54) is 0 Å². The summed E-state index contributed by atoms with van der Waals surface area (Å²) in [6.45, 7) is 13.0. The number of carbonyl (C=O) groups is 2. The molecule has 0 saturated heterocycles. The van der Waals surface area contributed by atoms with Crippen molar-refractivity contribution in [2.45, 2.75) is 65.5 Å². The third-order valence-corrected chi connectivity index (χ3v) is 5.85. The summed E-state index contributed by atoms with van der Waals surface area (Å²) in [4.78, 5) is 27.0. The average Bonchev–Trinajstić information content (AvgIpc) is 3.22. The molecule has 0 saturated carbocycles. The highest BCUT2D eigenvalue weighted by Crippen LogP contribution is 2.29. The Balaban J connectivity index is 1.58. The number of amides is 3. The minimum absolute atomic E-state index is 0.195. The molecule has 36 heavy (non-hydrogen) atoms. The van der Waals surface area contributed by atoms with Crippen LogP contribution in [-0.2, 0) is 23.1 Å². The number of rotatable bonds is 3. The maximum absolute atomic E-state index is 12.7. The molecule has 8 heteroatoms. The van der Waals surface area contributed by atoms with Gasteiger partial charge in [-0.25, -0.2) is 14.3 Å². The Hall–Kier alpha value is -3.81. The van der Waals surface area contributed by atoms with E-state index in [1.807, 2.05) is 69.3 Å². The van der Waals surface area contributed by atoms with Crippen LogP contribution in [-0.4, -0.2) is 39.0 Å². The lowest BCUT2D eigenvalue weighted by Crippen LogP contribution is -2.39. The van der Waals surface area contributed by atoms with Crippen molar-refractivity contribution in [2.75, 3.05) is 17.2 Å². The molecule has 1 aromatic heterocycles. The predicted octanol–water partition coefficient (Wildman–Crippen LogP) is 6.11. The molecule has 190 valence electrons. The second kappa shape index (κ2) is 9.68. The summed E-state index contributed by atoms with van der Waals surface area (Å²) in [6.07, 6.45) is 0.419. The molecule has 0 fully saturated rings. The highest BCUT2D eigenvalue weighted by molar-refractivity contribution is 5.99. The van der Waals surface area contributed by atoms with Crippen molar-refractivity contribution in [3.8, 4) is 5.69 Å². The molecule has 0 spiro atoms. The molecule has 1 aliphatic heterocycles. The quantitative estimate of drug-likeness (QED) is 0.465. The van der Waals surface area contributed by atoms with Crippen molar-refractivity contribution >= 4 is 23.6 Å². The van der Waals surface area contributed by atoms with E-state index in [0.717, 1.165) is 22.5 Å². The number of urea groups is 1. The minimum atomic E-state index is -0.526. The summed E-state index contributed by atoms with van der Waals surface area (Å²) >= 11 is 0. The molecule has 8 nitrogen and oxygen atoms in total. The summed E-state index contributed by atoms with van der Waals surface area (Å²) in [5.41, 5.74) is 3.94. The van der Waals surface area contributed by atoms with Crippen LogP contribution in [0.2, 0.25) is 0 Å². The van der Waals surface area contributed by atoms with Gasteiger partial charge in [-0.05, 0) is 62.6 Å². The standard InChI is InChI=1S/C28H35N5O3/c1-27(2,3)23-17-24(30-25(34)29-21-10-8-7-9-11-21)33(31-23)22-13-12-20-18-32(15-14-19(20)16-22)26(35)36-28(4,5)6/h7-13,16-17H,14-15,18H2,1-6H3,(H2,29,30,34). The number of hydrogen-bond donors (Lipinski definition) is 2. The largest absolute Gasteiger partial charge is 0.444 e. The van der Waals surface area contributed by atoms with E-state index in [9.17, 15) is 9.59 Å². The van der Waals surface area contributed by atoms with Crippen LogP contribution in [0.15, 0.2) is 54.6 Å². The lowest BCUT2D eigenvalue weighted by atomic mass is 9.92. The first-order valence-corrected chi connectivity index (χ1v) is 12.2. The molecule has 0 bridgehead atoms. The van der Waals surface area contributed by atoms with E-state index in [-0.39, 0.29) is 17.5 Å². The zero-order valence-electron chi connectivity index (χ0n) is 21.9. The maximum atomic E-state index is 12.7. The topological polar surface area (TPSA) is 88.5 Å². The van der Waals surface area contributed by atoms with E-state index in [2.05, 4.69) is 37.5 Å². The number of nitrogens with zero attached hydrogens (tertiary/aromatic N) is 3. The molecule has 1 aliphatic rings. The van der Waals surface area contributed by atoms with Gasteiger partial charge in [-0.15, -0.1) is 0 Å². The van der Waals surface area contributed by atoms with Gasteiger partial charge in [0.25, 0.3) is 0 Å². The number of anilines is 2. The van der Waals surface area contributed by atoms with Crippen LogP contribution < -0.4 is 10.6 Å². The smallest absolute Gasteiger partial charge is 0.410 e. The lowest BCUT2D eigenvalue weighted by molar-refractivity contribution is 0.0224. The van der Waals surface area contributed by atoms with Crippen LogP contribution in [0.3, 0.4) is 0 Å². The molecule has 2 aromatic carbocycles. The first kappa shape index (κ1) is 25.3. The molecule has 0 radical (unpaired) electrons. The van der Waals surface area contributed by atoms with Gasteiger partial charge >= 0.3 is 12.1 Å². The molecular weight excluding hydrogens is 454 g/mol. The number of para-hydroxylation sites is 1. The van der Waals surface area contributed by atoms with Gasteiger partial charge in [0.15, 0.2) is 0 Å². The van der Waals surface area contributed by atoms with Crippen LogP contribution in [0.1, 0.15) is 58.4 Å². The van der Waals surface area contributed by atoms with E-state index in [0.29, 0.717) is 31.0 Å². The number of nitrogens with one attached hydrogen (secondary N) is 2. The highest BCUT2D eigenvalue weighted by atomic mass is 16.6. The van der Waals surface area contributed by atoms with E-state index >= 15 is 0 Å². The van der Waals surface area contributed by atoms with Crippen molar-refractivity contribution in [2.24, 2.45) is 0 Å². The maximum Gasteiger partial charge on any atom is 0.410 e. The molecule has 0 aliphatic carbocycles. The van der Waals surface area contributed by atoms with Crippen LogP contribution in [0.5, 0.6) is 0 Å². The van der Waals surface area contributed by atoms with Crippen LogP contribution >= 0.6 is 0 Å². The Bertz CT molecular complexity index is 1250. The van der Waals surface area contributed by atoms with Crippen molar-refractivity contribution in [3.63, 3.8) is 0 Å². The zero-order chi connectivity index (χ0) is 26.1. The molecule has 3 aromatic rings. The van der Waals surface area contributed by atoms with Crippen molar-refractivity contribution < 1.29 is 14.3 Å². The predicted molar refractivity (Wildman–Crippen MR) is 142 cm³/mol. The molecule has 0 unspecified atom stereocenters. The number of carbonyl (C=O) groups excluding carboxylic acids is 2. The van der Waals surface area contributed by atoms with Gasteiger partial charge in [0.2, 0.25) is 0 Å². The second-order valence-electron chi connectivity index (χ2n) is 11.1. The van der Waals surface area contributed by atoms with Crippen molar-refractivity contribution in [1.82, 2.24) is 14.7 Å². The molecule has 4 rings (SSSR count). The number of hydrogen-bond acceptors (Lipinski definition) is 4. The molecular formula is C28H35N5O3. The molecule has 3 amide bonds. The van der Waals surface area contributed by atoms with Crippen molar-refractivity contribution in [1.29, 1.82) is 0 Å². The number of ether oxygens (including phenoxy) is 1. The fourth-order valence-corrected chi connectivity index (χ4v) is 3.99. The van der Waals surface area contributed by atoms with E-state index in [4.69, 9.17) is 9.84 Å². The Morgan fingerprint density at radius 3 is 2.31 bits per heavy atom. The second-order valence-corrected chi connectivity index (χ2v) is 11.1. The van der Waals surface area contributed by atoms with Gasteiger partial charge in [0.1, 0.15) is 11.4 Å². The fraction of sp³-hybridized carbons (Fsp3) is 0.393. The molecule has 2 heterocycles. The highest BCUT2D eigenvalue weighted by Gasteiger charge is 2.27. The first-order chi connectivity index (χ1) is 16.9. The summed E-state index contributed by atoms with van der Waals surface area (Å²) in [5, 5.41) is 10.6. The van der Waals surface area contributed by atoms with Gasteiger partial charge < -0.3 is 15.0 Å². The number of fused-ring (bicyclic) bond motifs is 1. The summed E-state index contributed by atoms with van der Waals surface area (Å²) in [6, 6.07) is 17.0. The van der Waals surface area contributed by atoms with Crippen LogP contribution in [0.4, 0.5) is 21.1 Å². The summed E-state index contributed by atoms with van der Waals surface area (Å²) in [7, 11) is 0. The molecule has 2 N–H and O–H groups in total. The Morgan fingerprint density at radius 2 is 1.64 bits per heavy atom. The SMILES string of the molecule is CC(C)(C)OC(=O)N1CCc2cc(-n3nc(C(C)(C)C)cc3NC(=O)Nc3ccccc3)ccc2C1. The van der Waals surface area contributed by atoms with Gasteiger partial charge in [-0.3, -0.25) is 5.32 Å². The normalized spacial score (nSPS) is 13.7. The first-order valence-electron chi connectivity index (χ1n) is 12.2. The van der Waals surface area contributed by atoms with Gasteiger partial charge in [-0.1, -0.05) is 45.0 Å². The zero-order valence-corrected chi connectivity index (χ0v) is 21.9. The van der Waals surface area contributed by atoms with Gasteiger partial charge in [0, 0.05) is 30.3 Å². The van der Waals surface area contributed by atoms with Gasteiger partial charge in [-0.2, -0.15) is 5.10 Å². The minimum Gasteiger partial charge on any atom is -0.444 e. The van der Waals surface area contributed by atoms with E-state index in [1.54, 1.807) is 9.58 Å². The number of aromatic nitrogens is 2. The Kier molecular flexibility index (Phi) is 6.80. The summed E-state index contributed by atoms with van der Waals surface area (Å²) in [5.74, 6) is 0.583. The van der Waals surface area contributed by atoms with E-state index < -0.39 is 5.60 Å². The van der Waals surface area contributed by atoms with Crippen molar-refractivity contribution in [3.05, 3.63) is 71.4 Å². The Morgan fingerprint density at radius 1 is 0.917 bits per heavy atom. The monoisotopic (exact) mass is 489 g/mol. The molecule has 0 atom stereocenters. The van der Waals surface area contributed by atoms with Crippen LogP contribution in [0.25, 0.3) is 5.69 Å². The van der Waals surface area contributed by atoms with Gasteiger partial charge in [0.05, 0.1) is 11.4 Å². The third kappa shape index (κ3) is 6.05. The fourth-order valence-electron chi connectivity index (χ4n) is 3.99. The van der Waals surface area contributed by atoms with Crippen LogP contribution in [0, 0.1) is 0 Å². The Labute approximate surface area is 212 Å². The summed E-state index contributed by atoms with van der Waals surface area (Å²) < 4.78 is 7.31. The number of benzene rings is 2. The average molecular weight is 490 g/mol.